The van der Waals surface area contributed by atoms with Gasteiger partial charge in [-0.05, 0) is 37.1 Å². The highest BCUT2D eigenvalue weighted by molar-refractivity contribution is 5.81. The molecular formula is C15H21FN2O2. The Labute approximate surface area is 119 Å². The van der Waals surface area contributed by atoms with Crippen molar-refractivity contribution in [2.75, 3.05) is 27.7 Å². The van der Waals surface area contributed by atoms with Gasteiger partial charge in [0.15, 0.2) is 11.6 Å². The van der Waals surface area contributed by atoms with Crippen LogP contribution in [0.3, 0.4) is 0 Å². The molecule has 1 aliphatic heterocycles. The van der Waals surface area contributed by atoms with Crippen LogP contribution in [-0.4, -0.2) is 49.5 Å². The number of carbonyl (C=O) groups is 1. The van der Waals surface area contributed by atoms with Gasteiger partial charge in [0.1, 0.15) is 0 Å². The Balaban J connectivity index is 2.09. The van der Waals surface area contributed by atoms with E-state index in [4.69, 9.17) is 4.74 Å². The summed E-state index contributed by atoms with van der Waals surface area (Å²) in [5, 5.41) is 0. The van der Waals surface area contributed by atoms with E-state index in [2.05, 4.69) is 4.90 Å². The summed E-state index contributed by atoms with van der Waals surface area (Å²) in [6.07, 6.45) is 1.87. The first-order chi connectivity index (χ1) is 9.52. The lowest BCUT2D eigenvalue weighted by atomic mass is 10.1. The van der Waals surface area contributed by atoms with Crippen molar-refractivity contribution >= 4 is 5.91 Å². The van der Waals surface area contributed by atoms with E-state index in [1.54, 1.807) is 25.1 Å². The molecule has 1 fully saturated rings. The number of hydrogen-bond acceptors (Lipinski definition) is 3. The van der Waals surface area contributed by atoms with Crippen molar-refractivity contribution in [1.82, 2.24) is 9.80 Å². The highest BCUT2D eigenvalue weighted by Gasteiger charge is 2.31. The molecule has 1 heterocycles. The molecule has 1 saturated heterocycles. The van der Waals surface area contributed by atoms with Gasteiger partial charge < -0.3 is 9.64 Å². The van der Waals surface area contributed by atoms with Crippen LogP contribution in [0.5, 0.6) is 5.75 Å². The van der Waals surface area contributed by atoms with Crippen molar-refractivity contribution in [3.63, 3.8) is 0 Å². The number of amides is 1. The van der Waals surface area contributed by atoms with Crippen LogP contribution >= 0.6 is 0 Å². The predicted octanol–water partition coefficient (Wildman–Crippen LogP) is 1.89. The normalized spacial score (nSPS) is 19.1. The van der Waals surface area contributed by atoms with Gasteiger partial charge in [0, 0.05) is 20.6 Å². The second-order valence-electron chi connectivity index (χ2n) is 5.33. The lowest BCUT2D eigenvalue weighted by Gasteiger charge is -2.26. The minimum Gasteiger partial charge on any atom is -0.494 e. The minimum absolute atomic E-state index is 0.0878. The lowest BCUT2D eigenvalue weighted by Crippen LogP contribution is -2.42. The van der Waals surface area contributed by atoms with Gasteiger partial charge in [-0.2, -0.15) is 0 Å². The van der Waals surface area contributed by atoms with Gasteiger partial charge in [-0.25, -0.2) is 4.39 Å². The van der Waals surface area contributed by atoms with Gasteiger partial charge in [-0.3, -0.25) is 9.69 Å². The van der Waals surface area contributed by atoms with Gasteiger partial charge in [0.2, 0.25) is 5.91 Å². The molecule has 1 aliphatic rings. The van der Waals surface area contributed by atoms with Crippen molar-refractivity contribution in [2.24, 2.45) is 0 Å². The second-order valence-corrected chi connectivity index (χ2v) is 5.33. The Hall–Kier alpha value is -1.62. The average molecular weight is 280 g/mol. The van der Waals surface area contributed by atoms with Crippen LogP contribution in [0.15, 0.2) is 18.2 Å². The third-order valence-corrected chi connectivity index (χ3v) is 3.69. The van der Waals surface area contributed by atoms with Crippen molar-refractivity contribution in [1.29, 1.82) is 0 Å². The average Bonchev–Trinajstić information content (AvgIpc) is 2.86. The summed E-state index contributed by atoms with van der Waals surface area (Å²) in [4.78, 5) is 15.8. The highest BCUT2D eigenvalue weighted by atomic mass is 19.1. The first kappa shape index (κ1) is 14.8. The molecule has 0 saturated carbocycles. The number of methoxy groups -OCH3 is 1. The molecular weight excluding hydrogens is 259 g/mol. The Morgan fingerprint density at radius 1 is 1.50 bits per heavy atom. The van der Waals surface area contributed by atoms with E-state index in [-0.39, 0.29) is 23.5 Å². The zero-order valence-corrected chi connectivity index (χ0v) is 12.2. The minimum atomic E-state index is -0.361. The van der Waals surface area contributed by atoms with Gasteiger partial charge in [0.05, 0.1) is 13.2 Å². The van der Waals surface area contributed by atoms with Gasteiger partial charge >= 0.3 is 0 Å². The van der Waals surface area contributed by atoms with Crippen LogP contribution < -0.4 is 4.74 Å². The van der Waals surface area contributed by atoms with E-state index in [1.165, 1.54) is 13.2 Å². The van der Waals surface area contributed by atoms with Crippen LogP contribution in [0.25, 0.3) is 0 Å². The number of likely N-dealkylation sites (N-methyl/N-ethyl adjacent to an activating group) is 1. The largest absolute Gasteiger partial charge is 0.494 e. The number of hydrogen-bond donors (Lipinski definition) is 0. The first-order valence-electron chi connectivity index (χ1n) is 6.80. The van der Waals surface area contributed by atoms with Crippen LogP contribution in [0.4, 0.5) is 4.39 Å². The topological polar surface area (TPSA) is 32.8 Å². The number of rotatable bonds is 4. The van der Waals surface area contributed by atoms with Crippen LogP contribution in [0.2, 0.25) is 0 Å². The van der Waals surface area contributed by atoms with Gasteiger partial charge in [-0.15, -0.1) is 0 Å². The number of likely N-dealkylation sites (tertiary alicyclic amines) is 1. The summed E-state index contributed by atoms with van der Waals surface area (Å²) in [5.74, 6) is 0.00672. The molecule has 1 amide bonds. The molecule has 0 aliphatic carbocycles. The number of halogens is 1. The smallest absolute Gasteiger partial charge is 0.239 e. The molecule has 5 heteroatoms. The van der Waals surface area contributed by atoms with E-state index in [1.807, 2.05) is 6.07 Å². The standard InChI is InChI=1S/C15H21FN2O2/c1-17(2)15(19)13-5-4-8-18(13)10-11-6-7-14(20-3)12(16)9-11/h6-7,9,13H,4-5,8,10H2,1-3H3/t13-/m0/s1. The van der Waals surface area contributed by atoms with E-state index in [0.717, 1.165) is 24.9 Å². The molecule has 110 valence electrons. The molecule has 0 aromatic heterocycles. The summed E-state index contributed by atoms with van der Waals surface area (Å²) < 4.78 is 18.6. The van der Waals surface area contributed by atoms with Gasteiger partial charge in [0.25, 0.3) is 0 Å². The lowest BCUT2D eigenvalue weighted by molar-refractivity contribution is -0.133. The molecule has 0 unspecified atom stereocenters. The zero-order chi connectivity index (χ0) is 14.7. The zero-order valence-electron chi connectivity index (χ0n) is 12.2. The van der Waals surface area contributed by atoms with E-state index < -0.39 is 0 Å². The SMILES string of the molecule is COc1ccc(CN2CCC[C@H]2C(=O)N(C)C)cc1F. The number of benzene rings is 1. The molecule has 1 atom stereocenters. The van der Waals surface area contributed by atoms with E-state index in [9.17, 15) is 9.18 Å². The number of carbonyl (C=O) groups excluding carboxylic acids is 1. The van der Waals surface area contributed by atoms with Crippen LogP contribution in [-0.2, 0) is 11.3 Å². The summed E-state index contributed by atoms with van der Waals surface area (Å²) >= 11 is 0. The fourth-order valence-corrected chi connectivity index (χ4v) is 2.64. The van der Waals surface area contributed by atoms with E-state index >= 15 is 0 Å². The molecule has 1 aromatic carbocycles. The molecule has 1 aromatic rings. The van der Waals surface area contributed by atoms with Crippen molar-refractivity contribution in [2.45, 2.75) is 25.4 Å². The second kappa shape index (κ2) is 6.22. The number of ether oxygens (including phenoxy) is 1. The monoisotopic (exact) mass is 280 g/mol. The summed E-state index contributed by atoms with van der Waals surface area (Å²) in [7, 11) is 4.99. The molecule has 0 spiro atoms. The Morgan fingerprint density at radius 2 is 2.25 bits per heavy atom. The maximum Gasteiger partial charge on any atom is 0.239 e. The first-order valence-corrected chi connectivity index (χ1v) is 6.80. The number of nitrogens with zero attached hydrogens (tertiary/aromatic N) is 2. The van der Waals surface area contributed by atoms with Crippen molar-refractivity contribution in [3.05, 3.63) is 29.6 Å². The Morgan fingerprint density at radius 3 is 2.85 bits per heavy atom. The van der Waals surface area contributed by atoms with Crippen molar-refractivity contribution in [3.8, 4) is 5.75 Å². The third-order valence-electron chi connectivity index (χ3n) is 3.69. The Bertz CT molecular complexity index is 491. The van der Waals surface area contributed by atoms with Crippen molar-refractivity contribution < 1.29 is 13.9 Å². The fraction of sp³-hybridized carbons (Fsp3) is 0.533. The Kier molecular flexibility index (Phi) is 4.60. The molecule has 0 radical (unpaired) electrons. The molecule has 2 rings (SSSR count). The van der Waals surface area contributed by atoms with Crippen LogP contribution in [0.1, 0.15) is 18.4 Å². The molecule has 0 N–H and O–H groups in total. The van der Waals surface area contributed by atoms with Gasteiger partial charge in [-0.1, -0.05) is 6.07 Å². The third kappa shape index (κ3) is 3.10. The summed E-state index contributed by atoms with van der Waals surface area (Å²) in [6.45, 7) is 1.46. The molecule has 4 nitrogen and oxygen atoms in total. The summed E-state index contributed by atoms with van der Waals surface area (Å²) in [6, 6.07) is 4.87. The maximum atomic E-state index is 13.7. The summed E-state index contributed by atoms with van der Waals surface area (Å²) in [5.41, 5.74) is 0.863. The van der Waals surface area contributed by atoms with Crippen LogP contribution in [0, 0.1) is 5.82 Å². The molecule has 20 heavy (non-hydrogen) atoms. The van der Waals surface area contributed by atoms with E-state index in [0.29, 0.717) is 6.54 Å². The molecule has 0 bridgehead atoms. The quantitative estimate of drug-likeness (QED) is 0.844. The predicted molar refractivity (Wildman–Crippen MR) is 75.1 cm³/mol. The fourth-order valence-electron chi connectivity index (χ4n) is 2.64. The highest BCUT2D eigenvalue weighted by Crippen LogP contribution is 2.23. The maximum absolute atomic E-state index is 13.7.